The van der Waals surface area contributed by atoms with Crippen molar-refractivity contribution < 1.29 is 14.3 Å². The summed E-state index contributed by atoms with van der Waals surface area (Å²) in [7, 11) is 1.65. The molecule has 0 aromatic heterocycles. The Labute approximate surface area is 155 Å². The number of nitrogens with two attached hydrogens (primary N) is 1. The van der Waals surface area contributed by atoms with Crippen molar-refractivity contribution in [2.24, 2.45) is 0 Å². The van der Waals surface area contributed by atoms with Crippen LogP contribution < -0.4 is 10.5 Å². The van der Waals surface area contributed by atoms with E-state index in [2.05, 4.69) is 0 Å². The second-order valence-electron chi connectivity index (χ2n) is 7.21. The molecule has 1 amide bonds. The van der Waals surface area contributed by atoms with Crippen LogP contribution in [0.25, 0.3) is 0 Å². The zero-order valence-electron chi connectivity index (χ0n) is 16.0. The number of rotatable bonds is 6. The number of hydrogen-bond donors (Lipinski definition) is 1. The molecule has 5 nitrogen and oxygen atoms in total. The highest BCUT2D eigenvalue weighted by atomic mass is 16.6. The number of anilines is 1. The quantitative estimate of drug-likeness (QED) is 0.786. The van der Waals surface area contributed by atoms with Crippen molar-refractivity contribution in [2.75, 3.05) is 19.4 Å². The molecule has 2 rings (SSSR count). The minimum atomic E-state index is -0.546. The SMILES string of the molecule is COc1ccccc1CCN(Cc1cccc(N)c1)C(=O)OC(C)(C)C. The summed E-state index contributed by atoms with van der Waals surface area (Å²) in [6.07, 6.45) is 0.334. The van der Waals surface area contributed by atoms with Gasteiger partial charge in [0.15, 0.2) is 0 Å². The summed E-state index contributed by atoms with van der Waals surface area (Å²) in [5.74, 6) is 0.820. The molecule has 26 heavy (non-hydrogen) atoms. The van der Waals surface area contributed by atoms with Gasteiger partial charge in [0.25, 0.3) is 0 Å². The fourth-order valence-electron chi connectivity index (χ4n) is 2.64. The number of benzene rings is 2. The minimum Gasteiger partial charge on any atom is -0.496 e. The Kier molecular flexibility index (Phi) is 6.50. The molecule has 140 valence electrons. The molecular formula is C21H28N2O3. The van der Waals surface area contributed by atoms with E-state index < -0.39 is 5.60 Å². The molecule has 2 N–H and O–H groups in total. The second-order valence-corrected chi connectivity index (χ2v) is 7.21. The van der Waals surface area contributed by atoms with E-state index in [1.54, 1.807) is 12.0 Å². The largest absolute Gasteiger partial charge is 0.496 e. The van der Waals surface area contributed by atoms with Crippen LogP contribution in [0.1, 0.15) is 31.9 Å². The molecule has 0 fully saturated rings. The van der Waals surface area contributed by atoms with Crippen LogP contribution >= 0.6 is 0 Å². The molecule has 0 atom stereocenters. The lowest BCUT2D eigenvalue weighted by atomic mass is 10.1. The molecule has 0 heterocycles. The highest BCUT2D eigenvalue weighted by Gasteiger charge is 2.22. The van der Waals surface area contributed by atoms with E-state index in [-0.39, 0.29) is 6.09 Å². The first-order valence-electron chi connectivity index (χ1n) is 8.73. The van der Waals surface area contributed by atoms with Crippen molar-refractivity contribution in [3.63, 3.8) is 0 Å². The Balaban J connectivity index is 2.15. The van der Waals surface area contributed by atoms with E-state index >= 15 is 0 Å². The van der Waals surface area contributed by atoms with Gasteiger partial charge < -0.3 is 20.1 Å². The zero-order chi connectivity index (χ0) is 19.2. The van der Waals surface area contributed by atoms with Crippen LogP contribution in [0.3, 0.4) is 0 Å². The van der Waals surface area contributed by atoms with Gasteiger partial charge in [-0.25, -0.2) is 4.79 Å². The Morgan fingerprint density at radius 2 is 1.85 bits per heavy atom. The summed E-state index contributed by atoms with van der Waals surface area (Å²) in [4.78, 5) is 14.4. The molecule has 0 saturated heterocycles. The number of ether oxygens (including phenoxy) is 2. The molecule has 0 aliphatic rings. The average Bonchev–Trinajstić information content (AvgIpc) is 2.57. The Hall–Kier alpha value is -2.69. The summed E-state index contributed by atoms with van der Waals surface area (Å²) in [6, 6.07) is 15.4. The number of carbonyl (C=O) groups excluding carboxylic acids is 1. The first kappa shape index (κ1) is 19.6. The van der Waals surface area contributed by atoms with E-state index in [9.17, 15) is 4.79 Å². The molecule has 2 aromatic carbocycles. The number of nitrogens with zero attached hydrogens (tertiary/aromatic N) is 1. The van der Waals surface area contributed by atoms with Crippen molar-refractivity contribution in [2.45, 2.75) is 39.3 Å². The fourth-order valence-corrected chi connectivity index (χ4v) is 2.64. The summed E-state index contributed by atoms with van der Waals surface area (Å²) in [5.41, 5.74) is 8.02. The lowest BCUT2D eigenvalue weighted by Gasteiger charge is -2.28. The molecule has 0 aliphatic carbocycles. The maximum Gasteiger partial charge on any atom is 0.410 e. The smallest absolute Gasteiger partial charge is 0.410 e. The van der Waals surface area contributed by atoms with Gasteiger partial charge in [0.1, 0.15) is 11.4 Å². The highest BCUT2D eigenvalue weighted by molar-refractivity contribution is 5.68. The van der Waals surface area contributed by atoms with Crippen LogP contribution in [0.15, 0.2) is 48.5 Å². The second kappa shape index (κ2) is 8.61. The van der Waals surface area contributed by atoms with Gasteiger partial charge in [-0.1, -0.05) is 30.3 Å². The molecule has 0 saturated carbocycles. The Bertz CT molecular complexity index is 738. The molecule has 2 aromatic rings. The molecule has 5 heteroatoms. The summed E-state index contributed by atoms with van der Waals surface area (Å²) in [5, 5.41) is 0. The maximum absolute atomic E-state index is 12.7. The Morgan fingerprint density at radius 3 is 2.50 bits per heavy atom. The number of hydrogen-bond acceptors (Lipinski definition) is 4. The predicted molar refractivity (Wildman–Crippen MR) is 104 cm³/mol. The van der Waals surface area contributed by atoms with Crippen LogP contribution in [0, 0.1) is 0 Å². The molecule has 0 unspecified atom stereocenters. The molecule has 0 spiro atoms. The van der Waals surface area contributed by atoms with E-state index in [1.807, 2.05) is 69.3 Å². The number of methoxy groups -OCH3 is 1. The van der Waals surface area contributed by atoms with Crippen LogP contribution in [-0.4, -0.2) is 30.2 Å². The predicted octanol–water partition coefficient (Wildman–Crippen LogP) is 4.26. The maximum atomic E-state index is 12.7. The van der Waals surface area contributed by atoms with E-state index in [1.165, 1.54) is 0 Å². The summed E-state index contributed by atoms with van der Waals surface area (Å²) in [6.45, 7) is 6.55. The monoisotopic (exact) mass is 356 g/mol. The lowest BCUT2D eigenvalue weighted by molar-refractivity contribution is 0.0235. The van der Waals surface area contributed by atoms with Gasteiger partial charge in [0.2, 0.25) is 0 Å². The van der Waals surface area contributed by atoms with Crippen LogP contribution in [0.4, 0.5) is 10.5 Å². The van der Waals surface area contributed by atoms with Crippen molar-refractivity contribution in [3.8, 4) is 5.75 Å². The van der Waals surface area contributed by atoms with Gasteiger partial charge in [-0.3, -0.25) is 0 Å². The first-order chi connectivity index (χ1) is 12.3. The third kappa shape index (κ3) is 5.99. The van der Waals surface area contributed by atoms with Crippen molar-refractivity contribution in [1.29, 1.82) is 0 Å². The van der Waals surface area contributed by atoms with Crippen molar-refractivity contribution in [3.05, 3.63) is 59.7 Å². The van der Waals surface area contributed by atoms with Crippen LogP contribution in [0.2, 0.25) is 0 Å². The van der Waals surface area contributed by atoms with Crippen LogP contribution in [-0.2, 0) is 17.7 Å². The standard InChI is InChI=1S/C21H28N2O3/c1-21(2,3)26-20(24)23(15-16-8-7-10-18(22)14-16)13-12-17-9-5-6-11-19(17)25-4/h5-11,14H,12-13,15,22H2,1-4H3. The van der Waals surface area contributed by atoms with Gasteiger partial charge in [-0.05, 0) is 56.5 Å². The van der Waals surface area contributed by atoms with Gasteiger partial charge >= 0.3 is 6.09 Å². The number of para-hydroxylation sites is 1. The van der Waals surface area contributed by atoms with Crippen molar-refractivity contribution in [1.82, 2.24) is 4.90 Å². The fraction of sp³-hybridized carbons (Fsp3) is 0.381. The normalized spacial score (nSPS) is 11.1. The average molecular weight is 356 g/mol. The van der Waals surface area contributed by atoms with Gasteiger partial charge in [0.05, 0.1) is 7.11 Å². The lowest BCUT2D eigenvalue weighted by Crippen LogP contribution is -2.37. The van der Waals surface area contributed by atoms with E-state index in [4.69, 9.17) is 15.2 Å². The summed E-state index contributed by atoms with van der Waals surface area (Å²) >= 11 is 0. The van der Waals surface area contributed by atoms with Gasteiger partial charge in [-0.15, -0.1) is 0 Å². The first-order valence-corrected chi connectivity index (χ1v) is 8.73. The topological polar surface area (TPSA) is 64.8 Å². The van der Waals surface area contributed by atoms with Crippen molar-refractivity contribution >= 4 is 11.8 Å². The number of nitrogen functional groups attached to an aromatic ring is 1. The minimum absolute atomic E-state index is 0.338. The van der Waals surface area contributed by atoms with E-state index in [0.717, 1.165) is 16.9 Å². The van der Waals surface area contributed by atoms with Gasteiger partial charge in [-0.2, -0.15) is 0 Å². The molecule has 0 bridgehead atoms. The van der Waals surface area contributed by atoms with E-state index in [0.29, 0.717) is 25.2 Å². The van der Waals surface area contributed by atoms with Crippen LogP contribution in [0.5, 0.6) is 5.75 Å². The molecule has 0 radical (unpaired) electrons. The third-order valence-corrected chi connectivity index (χ3v) is 3.82. The zero-order valence-corrected chi connectivity index (χ0v) is 16.0. The van der Waals surface area contributed by atoms with Gasteiger partial charge in [0, 0.05) is 18.8 Å². The number of amides is 1. The molecule has 0 aliphatic heterocycles. The molecular weight excluding hydrogens is 328 g/mol. The number of carbonyl (C=O) groups is 1. The summed E-state index contributed by atoms with van der Waals surface area (Å²) < 4.78 is 11.0. The highest BCUT2D eigenvalue weighted by Crippen LogP contribution is 2.20. The third-order valence-electron chi connectivity index (χ3n) is 3.82. The Morgan fingerprint density at radius 1 is 1.12 bits per heavy atom.